The number of hydrogen-bond donors (Lipinski definition) is 2. The van der Waals surface area contributed by atoms with Gasteiger partial charge in [-0.15, -0.1) is 0 Å². The van der Waals surface area contributed by atoms with Gasteiger partial charge in [-0.05, 0) is 18.3 Å². The van der Waals surface area contributed by atoms with E-state index >= 15 is 0 Å². The molecule has 2 saturated heterocycles. The number of carbonyl (C=O) groups excluding carboxylic acids is 2. The van der Waals surface area contributed by atoms with E-state index in [1.54, 1.807) is 0 Å². The van der Waals surface area contributed by atoms with Crippen LogP contribution in [0.3, 0.4) is 0 Å². The summed E-state index contributed by atoms with van der Waals surface area (Å²) < 4.78 is 0. The van der Waals surface area contributed by atoms with Crippen molar-refractivity contribution in [3.63, 3.8) is 0 Å². The summed E-state index contributed by atoms with van der Waals surface area (Å²) >= 11 is 0. The minimum absolute atomic E-state index is 0.179. The molecule has 0 aromatic rings. The van der Waals surface area contributed by atoms with Crippen LogP contribution in [0, 0.1) is 5.41 Å². The van der Waals surface area contributed by atoms with Crippen molar-refractivity contribution >= 4 is 23.8 Å². The van der Waals surface area contributed by atoms with E-state index in [1.165, 1.54) is 9.80 Å². The number of carbonyl (C=O) groups is 4. The van der Waals surface area contributed by atoms with Crippen LogP contribution in [0.25, 0.3) is 0 Å². The van der Waals surface area contributed by atoms with Gasteiger partial charge in [0.25, 0.3) is 0 Å². The smallest absolute Gasteiger partial charge is 0.326 e. The zero-order valence-electron chi connectivity index (χ0n) is 13.3. The van der Waals surface area contributed by atoms with E-state index in [1.807, 2.05) is 13.8 Å². The molecule has 2 amide bonds. The molecule has 0 aromatic carbocycles. The first-order valence-corrected chi connectivity index (χ1v) is 7.67. The Morgan fingerprint density at radius 2 is 1.30 bits per heavy atom. The average molecular weight is 326 g/mol. The van der Waals surface area contributed by atoms with Crippen LogP contribution in [0.15, 0.2) is 0 Å². The molecule has 2 aliphatic heterocycles. The monoisotopic (exact) mass is 326 g/mol. The van der Waals surface area contributed by atoms with Crippen molar-refractivity contribution in [2.24, 2.45) is 5.41 Å². The molecule has 128 valence electrons. The number of rotatable bonds is 6. The largest absolute Gasteiger partial charge is 0.480 e. The van der Waals surface area contributed by atoms with Crippen LogP contribution >= 0.6 is 0 Å². The molecule has 2 N–H and O–H groups in total. The third kappa shape index (κ3) is 3.62. The Labute approximate surface area is 134 Å². The highest BCUT2D eigenvalue weighted by Gasteiger charge is 2.42. The van der Waals surface area contributed by atoms with Gasteiger partial charge in [-0.1, -0.05) is 13.8 Å². The second-order valence-corrected chi connectivity index (χ2v) is 6.99. The first kappa shape index (κ1) is 17.2. The molecule has 0 bridgehead atoms. The topological polar surface area (TPSA) is 115 Å². The van der Waals surface area contributed by atoms with Gasteiger partial charge in [0.2, 0.25) is 11.8 Å². The van der Waals surface area contributed by atoms with E-state index in [4.69, 9.17) is 0 Å². The summed E-state index contributed by atoms with van der Waals surface area (Å²) in [4.78, 5) is 49.0. The molecule has 0 saturated carbocycles. The molecule has 0 aromatic heterocycles. The quantitative estimate of drug-likeness (QED) is 0.718. The highest BCUT2D eigenvalue weighted by molar-refractivity contribution is 5.88. The third-order valence-electron chi connectivity index (χ3n) is 4.42. The van der Waals surface area contributed by atoms with Crippen LogP contribution < -0.4 is 0 Å². The molecule has 8 heteroatoms. The Kier molecular flexibility index (Phi) is 4.63. The van der Waals surface area contributed by atoms with Crippen LogP contribution in [0.1, 0.15) is 39.5 Å². The normalized spacial score (nSPS) is 25.3. The Balaban J connectivity index is 2.09. The summed E-state index contributed by atoms with van der Waals surface area (Å²) in [7, 11) is 0. The Bertz CT molecular complexity index is 498. The van der Waals surface area contributed by atoms with Gasteiger partial charge < -0.3 is 20.0 Å². The van der Waals surface area contributed by atoms with Crippen molar-refractivity contribution in [3.8, 4) is 0 Å². The van der Waals surface area contributed by atoms with Crippen LogP contribution in [0.5, 0.6) is 0 Å². The maximum absolute atomic E-state index is 11.9. The Morgan fingerprint density at radius 1 is 0.957 bits per heavy atom. The molecule has 23 heavy (non-hydrogen) atoms. The van der Waals surface area contributed by atoms with Crippen molar-refractivity contribution in [1.29, 1.82) is 0 Å². The molecule has 2 aliphatic rings. The summed E-state index contributed by atoms with van der Waals surface area (Å²) in [6, 6.07) is -1.68. The maximum atomic E-state index is 11.9. The summed E-state index contributed by atoms with van der Waals surface area (Å²) in [5, 5.41) is 18.4. The number of likely N-dealkylation sites (tertiary alicyclic amines) is 2. The Hall–Kier alpha value is -2.12. The minimum Gasteiger partial charge on any atom is -0.480 e. The molecule has 0 aliphatic carbocycles. The first-order valence-electron chi connectivity index (χ1n) is 7.67. The van der Waals surface area contributed by atoms with Gasteiger partial charge in [0.05, 0.1) is 0 Å². The minimum atomic E-state index is -1.03. The van der Waals surface area contributed by atoms with Gasteiger partial charge in [-0.25, -0.2) is 9.59 Å². The molecular weight excluding hydrogens is 304 g/mol. The molecule has 2 fully saturated rings. The summed E-state index contributed by atoms with van der Waals surface area (Å²) in [6.07, 6.45) is 0.968. The zero-order valence-corrected chi connectivity index (χ0v) is 13.3. The van der Waals surface area contributed by atoms with Crippen LogP contribution in [0.4, 0.5) is 0 Å². The van der Waals surface area contributed by atoms with Gasteiger partial charge in [0.15, 0.2) is 0 Å². The van der Waals surface area contributed by atoms with Gasteiger partial charge in [0.1, 0.15) is 12.1 Å². The SMILES string of the molecule is CC(C)(CN1C(=O)CC[C@H]1C(=O)O)CN1C(=O)CC[C@H]1C(=O)O. The molecule has 0 unspecified atom stereocenters. The standard InChI is InChI=1S/C15H22N2O6/c1-15(2,7-16-9(13(20)21)3-5-11(16)18)8-17-10(14(22)23)4-6-12(17)19/h9-10H,3-8H2,1-2H3,(H,20,21)(H,22,23)/t9-,10-/m0/s1. The Morgan fingerprint density at radius 3 is 1.61 bits per heavy atom. The van der Waals surface area contributed by atoms with Gasteiger partial charge >= 0.3 is 11.9 Å². The maximum Gasteiger partial charge on any atom is 0.326 e. The van der Waals surface area contributed by atoms with Crippen LogP contribution in [0.2, 0.25) is 0 Å². The fourth-order valence-electron chi connectivity index (χ4n) is 3.35. The average Bonchev–Trinajstić information content (AvgIpc) is 2.94. The fraction of sp³-hybridized carbons (Fsp3) is 0.733. The summed E-state index contributed by atoms with van der Waals surface area (Å²) in [5.41, 5.74) is -0.596. The van der Waals surface area contributed by atoms with Crippen molar-refractivity contribution in [1.82, 2.24) is 9.80 Å². The van der Waals surface area contributed by atoms with Crippen LogP contribution in [-0.2, 0) is 19.2 Å². The van der Waals surface area contributed by atoms with E-state index in [2.05, 4.69) is 0 Å². The van der Waals surface area contributed by atoms with Gasteiger partial charge in [-0.3, -0.25) is 9.59 Å². The second kappa shape index (κ2) is 6.17. The highest BCUT2D eigenvalue weighted by Crippen LogP contribution is 2.29. The third-order valence-corrected chi connectivity index (χ3v) is 4.42. The zero-order chi connectivity index (χ0) is 17.4. The van der Waals surface area contributed by atoms with Gasteiger partial charge in [-0.2, -0.15) is 0 Å². The van der Waals surface area contributed by atoms with Crippen molar-refractivity contribution in [3.05, 3.63) is 0 Å². The molecule has 0 radical (unpaired) electrons. The number of carboxylic acid groups (broad SMARTS) is 2. The van der Waals surface area contributed by atoms with Gasteiger partial charge in [0, 0.05) is 25.9 Å². The number of nitrogens with zero attached hydrogens (tertiary/aromatic N) is 2. The molecule has 8 nitrogen and oxygen atoms in total. The first-order chi connectivity index (χ1) is 10.6. The lowest BCUT2D eigenvalue weighted by atomic mass is 9.91. The lowest BCUT2D eigenvalue weighted by Crippen LogP contribution is -2.50. The molecule has 0 spiro atoms. The van der Waals surface area contributed by atoms with Crippen molar-refractivity contribution in [2.75, 3.05) is 13.1 Å². The lowest BCUT2D eigenvalue weighted by molar-refractivity contribution is -0.149. The van der Waals surface area contributed by atoms with Crippen molar-refractivity contribution in [2.45, 2.75) is 51.6 Å². The number of amides is 2. The van der Waals surface area contributed by atoms with Crippen molar-refractivity contribution < 1.29 is 29.4 Å². The number of aliphatic carboxylic acids is 2. The lowest BCUT2D eigenvalue weighted by Gasteiger charge is -2.36. The van der Waals surface area contributed by atoms with E-state index in [0.717, 1.165) is 0 Å². The predicted octanol–water partition coefficient (Wildman–Crippen LogP) is 0.164. The molecule has 2 rings (SSSR count). The molecule has 2 heterocycles. The molecular formula is C15H22N2O6. The number of hydrogen-bond acceptors (Lipinski definition) is 4. The molecule has 2 atom stereocenters. The van der Waals surface area contributed by atoms with E-state index in [9.17, 15) is 29.4 Å². The summed E-state index contributed by atoms with van der Waals surface area (Å²) in [6.45, 7) is 3.97. The number of carboxylic acids is 2. The van der Waals surface area contributed by atoms with E-state index < -0.39 is 29.4 Å². The van der Waals surface area contributed by atoms with E-state index in [0.29, 0.717) is 0 Å². The predicted molar refractivity (Wildman–Crippen MR) is 78.5 cm³/mol. The second-order valence-electron chi connectivity index (χ2n) is 6.99. The summed E-state index contributed by atoms with van der Waals surface area (Å²) in [5.74, 6) is -2.50. The highest BCUT2D eigenvalue weighted by atomic mass is 16.4. The van der Waals surface area contributed by atoms with Crippen LogP contribution in [-0.4, -0.2) is 68.9 Å². The van der Waals surface area contributed by atoms with E-state index in [-0.39, 0.29) is 50.6 Å². The fourth-order valence-corrected chi connectivity index (χ4v) is 3.35.